The number of thioether (sulfide) groups is 1. The van der Waals surface area contributed by atoms with Crippen molar-refractivity contribution >= 4 is 41.4 Å². The number of fused-ring (bicyclic) bond motifs is 1. The molecule has 4 rings (SSSR count). The first-order valence-corrected chi connectivity index (χ1v) is 11.9. The van der Waals surface area contributed by atoms with Crippen molar-refractivity contribution in [3.63, 3.8) is 0 Å². The standard InChI is InChI=1S/C22H27N5O6S/c1-4-25-10-11-26(19(31)18(25)30)24-13(12-8-6-5-7-9-12)16(28)23-14-17(29)27-15(21(32)33)22(2,3)34-20(14)27/h5-9,13-15,20,24H,4,10-11H2,1-3H3,(H,23,28)(H,32,33)/t13-,14+,15+,20+/m1/s1. The molecule has 182 valence electrons. The van der Waals surface area contributed by atoms with Crippen LogP contribution in [0.1, 0.15) is 32.4 Å². The number of likely N-dealkylation sites (N-methyl/N-ethyl adjacent to an activating group) is 1. The number of β-lactam (4-membered cyclic amide) rings is 1. The molecule has 1 aromatic rings. The molecule has 0 aromatic heterocycles. The maximum absolute atomic E-state index is 13.3. The van der Waals surface area contributed by atoms with Crippen LogP contribution in [0.3, 0.4) is 0 Å². The fourth-order valence-corrected chi connectivity index (χ4v) is 6.19. The van der Waals surface area contributed by atoms with E-state index in [0.29, 0.717) is 18.7 Å². The van der Waals surface area contributed by atoms with Crippen LogP contribution in [-0.2, 0) is 24.0 Å². The molecule has 11 nitrogen and oxygen atoms in total. The number of carbonyl (C=O) groups excluding carboxylic acids is 4. The summed E-state index contributed by atoms with van der Waals surface area (Å²) in [5.41, 5.74) is 3.41. The highest BCUT2D eigenvalue weighted by Gasteiger charge is 2.64. The summed E-state index contributed by atoms with van der Waals surface area (Å²) in [7, 11) is 0. The Bertz CT molecular complexity index is 1030. The van der Waals surface area contributed by atoms with Crippen LogP contribution in [0.25, 0.3) is 0 Å². The summed E-state index contributed by atoms with van der Waals surface area (Å²) in [6, 6.07) is 5.76. The Labute approximate surface area is 200 Å². The second kappa shape index (κ2) is 8.91. The zero-order valence-corrected chi connectivity index (χ0v) is 19.9. The van der Waals surface area contributed by atoms with Gasteiger partial charge in [-0.15, -0.1) is 11.8 Å². The van der Waals surface area contributed by atoms with E-state index in [9.17, 15) is 29.1 Å². The minimum Gasteiger partial charge on any atom is -0.480 e. The van der Waals surface area contributed by atoms with Gasteiger partial charge in [0.05, 0.1) is 6.54 Å². The molecular formula is C22H27N5O6S. The van der Waals surface area contributed by atoms with Crippen LogP contribution in [0.5, 0.6) is 0 Å². The van der Waals surface area contributed by atoms with Gasteiger partial charge in [-0.2, -0.15) is 0 Å². The minimum absolute atomic E-state index is 0.206. The molecule has 0 bridgehead atoms. The van der Waals surface area contributed by atoms with Crippen LogP contribution in [-0.4, -0.2) is 91.4 Å². The molecule has 4 amide bonds. The summed E-state index contributed by atoms with van der Waals surface area (Å²) < 4.78 is -0.714. The SMILES string of the molecule is CCN1CCN(N[C@@H](C(=O)N[C@H]2C(=O)N3[C@@H](C(=O)O)C(C)(C)S[C@@H]23)c2ccccc2)C(=O)C1=O. The van der Waals surface area contributed by atoms with E-state index in [-0.39, 0.29) is 6.54 Å². The van der Waals surface area contributed by atoms with Gasteiger partial charge in [0, 0.05) is 17.8 Å². The smallest absolute Gasteiger partial charge is 0.327 e. The van der Waals surface area contributed by atoms with E-state index in [1.165, 1.54) is 21.6 Å². The molecule has 0 radical (unpaired) electrons. The summed E-state index contributed by atoms with van der Waals surface area (Å²) in [6.07, 6.45) is 0. The second-order valence-corrected chi connectivity index (χ2v) is 10.7. The summed E-state index contributed by atoms with van der Waals surface area (Å²) in [5, 5.41) is 12.9. The molecule has 3 N–H and O–H groups in total. The number of amides is 4. The van der Waals surface area contributed by atoms with E-state index in [2.05, 4.69) is 10.7 Å². The topological polar surface area (TPSA) is 139 Å². The number of carboxylic acids is 1. The molecule has 3 aliphatic heterocycles. The maximum atomic E-state index is 13.3. The first kappa shape index (κ1) is 24.0. The fraction of sp³-hybridized carbons (Fsp3) is 0.500. The largest absolute Gasteiger partial charge is 0.480 e. The first-order valence-electron chi connectivity index (χ1n) is 11.0. The quantitative estimate of drug-likeness (QED) is 0.346. The number of hydrazine groups is 1. The van der Waals surface area contributed by atoms with Crippen molar-refractivity contribution in [2.45, 2.75) is 49.0 Å². The minimum atomic E-state index is -1.09. The van der Waals surface area contributed by atoms with Gasteiger partial charge in [0.15, 0.2) is 0 Å². The lowest BCUT2D eigenvalue weighted by Crippen LogP contribution is -2.71. The van der Waals surface area contributed by atoms with Crippen LogP contribution in [0.15, 0.2) is 30.3 Å². The van der Waals surface area contributed by atoms with Gasteiger partial charge in [-0.3, -0.25) is 24.2 Å². The lowest BCUT2D eigenvalue weighted by molar-refractivity contribution is -0.162. The zero-order valence-electron chi connectivity index (χ0n) is 19.1. The van der Waals surface area contributed by atoms with Crippen molar-refractivity contribution in [3.05, 3.63) is 35.9 Å². The number of benzene rings is 1. The average Bonchev–Trinajstić information content (AvgIpc) is 3.06. The lowest BCUT2D eigenvalue weighted by Gasteiger charge is -2.44. The van der Waals surface area contributed by atoms with Crippen molar-refractivity contribution in [2.24, 2.45) is 0 Å². The van der Waals surface area contributed by atoms with Gasteiger partial charge in [-0.05, 0) is 26.3 Å². The molecule has 3 saturated heterocycles. The molecule has 0 saturated carbocycles. The van der Waals surface area contributed by atoms with E-state index < -0.39 is 57.8 Å². The van der Waals surface area contributed by atoms with Crippen molar-refractivity contribution in [3.8, 4) is 0 Å². The van der Waals surface area contributed by atoms with Crippen molar-refractivity contribution in [1.29, 1.82) is 0 Å². The summed E-state index contributed by atoms with van der Waals surface area (Å²) in [4.78, 5) is 65.4. The molecule has 0 spiro atoms. The van der Waals surface area contributed by atoms with E-state index >= 15 is 0 Å². The predicted octanol–water partition coefficient (Wildman–Crippen LogP) is -0.445. The van der Waals surface area contributed by atoms with Gasteiger partial charge in [0.1, 0.15) is 23.5 Å². The third kappa shape index (κ3) is 4.00. The number of hydrogen-bond donors (Lipinski definition) is 3. The highest BCUT2D eigenvalue weighted by molar-refractivity contribution is 8.01. The van der Waals surface area contributed by atoms with Crippen LogP contribution in [0, 0.1) is 0 Å². The third-order valence-corrected chi connectivity index (χ3v) is 7.91. The number of carboxylic acid groups (broad SMARTS) is 1. The predicted molar refractivity (Wildman–Crippen MR) is 122 cm³/mol. The molecule has 3 fully saturated rings. The van der Waals surface area contributed by atoms with Gasteiger partial charge >= 0.3 is 17.8 Å². The fourth-order valence-electron chi connectivity index (χ4n) is 4.57. The molecule has 1 aromatic carbocycles. The molecule has 3 heterocycles. The number of nitrogens with zero attached hydrogens (tertiary/aromatic N) is 3. The van der Waals surface area contributed by atoms with E-state index in [1.54, 1.807) is 51.1 Å². The summed E-state index contributed by atoms with van der Waals surface area (Å²) >= 11 is 1.33. The Kier molecular flexibility index (Phi) is 6.30. The average molecular weight is 490 g/mol. The lowest BCUT2D eigenvalue weighted by atomic mass is 9.95. The van der Waals surface area contributed by atoms with Crippen molar-refractivity contribution < 1.29 is 29.1 Å². The van der Waals surface area contributed by atoms with Gasteiger partial charge in [0.2, 0.25) is 11.8 Å². The number of hydrogen-bond acceptors (Lipinski definition) is 7. The van der Waals surface area contributed by atoms with Gasteiger partial charge in [0.25, 0.3) is 0 Å². The number of rotatable bonds is 7. The molecular weight excluding hydrogens is 462 g/mol. The number of nitrogens with one attached hydrogen (secondary N) is 2. The molecule has 0 aliphatic carbocycles. The van der Waals surface area contributed by atoms with E-state index in [4.69, 9.17) is 0 Å². The maximum Gasteiger partial charge on any atom is 0.327 e. The third-order valence-electron chi connectivity index (χ3n) is 6.34. The Balaban J connectivity index is 1.52. The monoisotopic (exact) mass is 489 g/mol. The Morgan fingerprint density at radius 1 is 1.15 bits per heavy atom. The molecule has 12 heteroatoms. The molecule has 4 atom stereocenters. The van der Waals surface area contributed by atoms with Gasteiger partial charge in [-0.25, -0.2) is 10.2 Å². The van der Waals surface area contributed by atoms with Crippen LogP contribution in [0.2, 0.25) is 0 Å². The molecule has 34 heavy (non-hydrogen) atoms. The van der Waals surface area contributed by atoms with Gasteiger partial charge < -0.3 is 20.2 Å². The van der Waals surface area contributed by atoms with Crippen molar-refractivity contribution in [2.75, 3.05) is 19.6 Å². The molecule has 0 unspecified atom stereocenters. The number of carbonyl (C=O) groups is 5. The highest BCUT2D eigenvalue weighted by Crippen LogP contribution is 2.50. The second-order valence-electron chi connectivity index (χ2n) is 8.90. The van der Waals surface area contributed by atoms with Crippen LogP contribution < -0.4 is 10.7 Å². The summed E-state index contributed by atoms with van der Waals surface area (Å²) in [5.74, 6) is -3.51. The van der Waals surface area contributed by atoms with Crippen LogP contribution in [0.4, 0.5) is 0 Å². The van der Waals surface area contributed by atoms with Gasteiger partial charge in [-0.1, -0.05) is 30.3 Å². The molecule has 3 aliphatic rings. The van der Waals surface area contributed by atoms with E-state index in [0.717, 1.165) is 5.01 Å². The number of aliphatic carboxylic acids is 1. The number of piperazine rings is 1. The highest BCUT2D eigenvalue weighted by atomic mass is 32.2. The first-order chi connectivity index (χ1) is 16.1. The van der Waals surface area contributed by atoms with Crippen LogP contribution >= 0.6 is 11.8 Å². The Hall–Kier alpha value is -3.12. The van der Waals surface area contributed by atoms with Crippen molar-refractivity contribution in [1.82, 2.24) is 25.6 Å². The zero-order chi connectivity index (χ0) is 24.8. The Morgan fingerprint density at radius 2 is 1.82 bits per heavy atom. The van der Waals surface area contributed by atoms with E-state index in [1.807, 2.05) is 0 Å². The normalized spacial score (nSPS) is 26.7. The Morgan fingerprint density at radius 3 is 2.44 bits per heavy atom. The summed E-state index contributed by atoms with van der Waals surface area (Å²) in [6.45, 7) is 6.25.